The van der Waals surface area contributed by atoms with E-state index in [0.717, 1.165) is 30.6 Å². The van der Waals surface area contributed by atoms with Crippen LogP contribution in [-0.4, -0.2) is 61.1 Å². The Morgan fingerprint density at radius 2 is 1.81 bits per heavy atom. The van der Waals surface area contributed by atoms with E-state index in [1.165, 1.54) is 16.4 Å². The minimum Gasteiger partial charge on any atom is -0.597 e. The van der Waals surface area contributed by atoms with Gasteiger partial charge in [-0.3, -0.25) is 4.79 Å². The van der Waals surface area contributed by atoms with Crippen LogP contribution in [0.25, 0.3) is 5.69 Å². The van der Waals surface area contributed by atoms with Crippen LogP contribution in [0.15, 0.2) is 70.5 Å². The van der Waals surface area contributed by atoms with E-state index in [1.807, 2.05) is 40.7 Å². The van der Waals surface area contributed by atoms with E-state index >= 15 is 0 Å². The van der Waals surface area contributed by atoms with Gasteiger partial charge < -0.3 is 19.3 Å². The molecule has 8 nitrogen and oxygen atoms in total. The Hall–Kier alpha value is -2.66. The lowest BCUT2D eigenvalue weighted by molar-refractivity contribution is 0.205. The SMILES string of the molecule is O=c1c(OC2CCCC2)c(N2CCN([S+]([O-])CSc3cccc(O)c3)CC2)cnn1-c1ccccc1. The number of hydrogen-bond donors (Lipinski definition) is 1. The number of piperazine rings is 1. The van der Waals surface area contributed by atoms with Crippen molar-refractivity contribution in [2.45, 2.75) is 36.7 Å². The summed E-state index contributed by atoms with van der Waals surface area (Å²) in [5.74, 6) is 0.563. The lowest BCUT2D eigenvalue weighted by Crippen LogP contribution is -2.49. The first-order valence-electron chi connectivity index (χ1n) is 12.2. The molecule has 1 N–H and O–H groups in total. The zero-order chi connectivity index (χ0) is 24.9. The fourth-order valence-electron chi connectivity index (χ4n) is 4.59. The maximum atomic E-state index is 13.5. The number of rotatable bonds is 8. The van der Waals surface area contributed by atoms with Crippen LogP contribution in [0.1, 0.15) is 25.7 Å². The molecule has 190 valence electrons. The molecule has 1 unspecified atom stereocenters. The average Bonchev–Trinajstić information content (AvgIpc) is 3.42. The minimum atomic E-state index is -1.15. The second kappa shape index (κ2) is 11.6. The maximum absolute atomic E-state index is 13.5. The lowest BCUT2D eigenvalue weighted by Gasteiger charge is -2.36. The Morgan fingerprint density at radius 1 is 1.06 bits per heavy atom. The van der Waals surface area contributed by atoms with Crippen molar-refractivity contribution in [1.29, 1.82) is 0 Å². The van der Waals surface area contributed by atoms with Gasteiger partial charge in [0.05, 0.1) is 42.4 Å². The van der Waals surface area contributed by atoms with Gasteiger partial charge in [0, 0.05) is 18.0 Å². The second-order valence-corrected chi connectivity index (χ2v) is 11.8. The van der Waals surface area contributed by atoms with E-state index in [9.17, 15) is 14.5 Å². The van der Waals surface area contributed by atoms with Crippen molar-refractivity contribution in [2.75, 3.05) is 36.2 Å². The van der Waals surface area contributed by atoms with Crippen molar-refractivity contribution in [3.63, 3.8) is 0 Å². The minimum absolute atomic E-state index is 0.0475. The monoisotopic (exact) mass is 526 g/mol. The fourth-order valence-corrected chi connectivity index (χ4v) is 7.08. The number of thioether (sulfide) groups is 1. The third-order valence-electron chi connectivity index (χ3n) is 6.51. The molecule has 1 aromatic heterocycles. The molecule has 1 atom stereocenters. The lowest BCUT2D eigenvalue weighted by atomic mass is 10.2. The standard InChI is InChI=1S/C26H30N4O4S2/c31-21-9-6-12-23(17-21)35-19-36(33)29-15-13-28(14-16-29)24-18-27-30(20-7-2-1-3-8-20)26(32)25(24)34-22-10-4-5-11-22/h1-3,6-9,12,17-18,22,31H,4-5,10-11,13-16,19H2. The predicted molar refractivity (Wildman–Crippen MR) is 143 cm³/mol. The molecule has 0 bridgehead atoms. The molecule has 5 rings (SSSR count). The van der Waals surface area contributed by atoms with Gasteiger partial charge in [-0.2, -0.15) is 9.78 Å². The Bertz CT molecular complexity index is 1210. The number of aromatic nitrogens is 2. The van der Waals surface area contributed by atoms with Crippen molar-refractivity contribution in [1.82, 2.24) is 14.1 Å². The Labute approximate surface area is 218 Å². The molecule has 1 aliphatic heterocycles. The predicted octanol–water partition coefficient (Wildman–Crippen LogP) is 3.80. The number of ether oxygens (including phenoxy) is 1. The van der Waals surface area contributed by atoms with Crippen LogP contribution in [0, 0.1) is 0 Å². The Morgan fingerprint density at radius 3 is 2.53 bits per heavy atom. The molecule has 1 aliphatic carbocycles. The van der Waals surface area contributed by atoms with Crippen LogP contribution in [0.5, 0.6) is 11.5 Å². The van der Waals surface area contributed by atoms with Crippen molar-refractivity contribution in [3.05, 3.63) is 71.1 Å². The van der Waals surface area contributed by atoms with Crippen LogP contribution >= 0.6 is 11.8 Å². The van der Waals surface area contributed by atoms with Gasteiger partial charge in [-0.25, -0.2) is 0 Å². The third-order valence-corrected chi connectivity index (χ3v) is 9.32. The summed E-state index contributed by atoms with van der Waals surface area (Å²) < 4.78 is 22.6. The van der Waals surface area contributed by atoms with E-state index < -0.39 is 11.4 Å². The van der Waals surface area contributed by atoms with Crippen molar-refractivity contribution >= 4 is 28.8 Å². The summed E-state index contributed by atoms with van der Waals surface area (Å²) in [4.78, 5) is 16.5. The number of nitrogens with zero attached hydrogens (tertiary/aromatic N) is 4. The number of para-hydroxylation sites is 1. The first-order chi connectivity index (χ1) is 17.6. The molecule has 0 radical (unpaired) electrons. The first kappa shape index (κ1) is 25.0. The van der Waals surface area contributed by atoms with Gasteiger partial charge in [-0.05, 0) is 56.0 Å². The van der Waals surface area contributed by atoms with Gasteiger partial charge >= 0.3 is 5.56 Å². The first-order valence-corrected chi connectivity index (χ1v) is 14.5. The molecular weight excluding hydrogens is 496 g/mol. The molecule has 36 heavy (non-hydrogen) atoms. The summed E-state index contributed by atoms with van der Waals surface area (Å²) >= 11 is 0.314. The van der Waals surface area contributed by atoms with Crippen LogP contribution in [-0.2, 0) is 11.4 Å². The van der Waals surface area contributed by atoms with E-state index in [4.69, 9.17) is 4.74 Å². The Kier molecular flexibility index (Phi) is 8.05. The summed E-state index contributed by atoms with van der Waals surface area (Å²) in [6.45, 7) is 2.47. The number of phenolic OH excluding ortho intramolecular Hbond substituents is 1. The molecule has 2 heterocycles. The van der Waals surface area contributed by atoms with Gasteiger partial charge in [0.2, 0.25) is 5.75 Å². The summed E-state index contributed by atoms with van der Waals surface area (Å²) in [7, 11) is 0. The van der Waals surface area contributed by atoms with E-state index in [0.29, 0.717) is 48.4 Å². The zero-order valence-corrected chi connectivity index (χ0v) is 21.6. The molecule has 2 aliphatic rings. The van der Waals surface area contributed by atoms with Gasteiger partial charge in [0.25, 0.3) is 0 Å². The molecule has 0 amide bonds. The van der Waals surface area contributed by atoms with E-state index in [-0.39, 0.29) is 17.4 Å². The summed E-state index contributed by atoms with van der Waals surface area (Å²) in [6, 6.07) is 16.4. The molecule has 10 heteroatoms. The number of aromatic hydroxyl groups is 1. The summed E-state index contributed by atoms with van der Waals surface area (Å²) in [6.07, 6.45) is 5.91. The highest BCUT2D eigenvalue weighted by Crippen LogP contribution is 2.31. The molecule has 1 saturated carbocycles. The number of benzene rings is 2. The van der Waals surface area contributed by atoms with Crippen molar-refractivity contribution in [3.8, 4) is 17.2 Å². The average molecular weight is 527 g/mol. The highest BCUT2D eigenvalue weighted by molar-refractivity contribution is 8.11. The molecular formula is C26H30N4O4S2. The quantitative estimate of drug-likeness (QED) is 0.350. The molecule has 1 saturated heterocycles. The maximum Gasteiger partial charge on any atom is 0.316 e. The van der Waals surface area contributed by atoms with E-state index in [2.05, 4.69) is 10.00 Å². The number of anilines is 1. The van der Waals surface area contributed by atoms with Crippen molar-refractivity contribution in [2.24, 2.45) is 0 Å². The largest absolute Gasteiger partial charge is 0.597 e. The molecule has 2 aromatic carbocycles. The van der Waals surface area contributed by atoms with Crippen LogP contribution < -0.4 is 15.2 Å². The molecule has 0 spiro atoms. The van der Waals surface area contributed by atoms with Crippen LogP contribution in [0.3, 0.4) is 0 Å². The van der Waals surface area contributed by atoms with Crippen LogP contribution in [0.2, 0.25) is 0 Å². The normalized spacial score (nSPS) is 17.9. The number of hydrogen-bond acceptors (Lipinski definition) is 8. The Balaban J connectivity index is 1.29. The van der Waals surface area contributed by atoms with Gasteiger partial charge in [0.1, 0.15) is 11.4 Å². The van der Waals surface area contributed by atoms with Crippen molar-refractivity contribution < 1.29 is 14.4 Å². The van der Waals surface area contributed by atoms with Gasteiger partial charge in [-0.15, -0.1) is 4.31 Å². The number of phenols is 1. The van der Waals surface area contributed by atoms with Gasteiger partial charge in [-0.1, -0.05) is 36.0 Å². The molecule has 3 aromatic rings. The highest BCUT2D eigenvalue weighted by Gasteiger charge is 2.30. The fraction of sp³-hybridized carbons (Fsp3) is 0.385. The summed E-state index contributed by atoms with van der Waals surface area (Å²) in [5, 5.41) is 14.5. The van der Waals surface area contributed by atoms with Crippen LogP contribution in [0.4, 0.5) is 5.69 Å². The smallest absolute Gasteiger partial charge is 0.316 e. The zero-order valence-electron chi connectivity index (χ0n) is 20.0. The van der Waals surface area contributed by atoms with E-state index in [1.54, 1.807) is 24.4 Å². The molecule has 2 fully saturated rings. The second-order valence-electron chi connectivity index (χ2n) is 8.93. The highest BCUT2D eigenvalue weighted by atomic mass is 32.3. The van der Waals surface area contributed by atoms with Gasteiger partial charge in [0.15, 0.2) is 5.08 Å². The summed E-state index contributed by atoms with van der Waals surface area (Å²) in [5.41, 5.74) is 1.16. The topological polar surface area (TPSA) is 93.9 Å². The third kappa shape index (κ3) is 5.83.